The van der Waals surface area contributed by atoms with E-state index in [0.29, 0.717) is 0 Å². The highest BCUT2D eigenvalue weighted by Crippen LogP contribution is 2.52. The Labute approximate surface area is 345 Å². The van der Waals surface area contributed by atoms with Crippen molar-refractivity contribution < 1.29 is 0 Å². The Morgan fingerprint density at radius 3 is 1.81 bits per heavy atom. The third kappa shape index (κ3) is 4.83. The van der Waals surface area contributed by atoms with E-state index in [9.17, 15) is 0 Å². The number of hydrogen-bond acceptors (Lipinski definition) is 1. The lowest BCUT2D eigenvalue weighted by Gasteiger charge is -2.22. The van der Waals surface area contributed by atoms with Crippen LogP contribution in [0, 0.1) is 0 Å². The van der Waals surface area contributed by atoms with Gasteiger partial charge in [0.25, 0.3) is 0 Å². The Kier molecular flexibility index (Phi) is 6.98. The number of nitrogens with zero attached hydrogens (tertiary/aromatic N) is 2. The summed E-state index contributed by atoms with van der Waals surface area (Å²) >= 11 is 1.90. The molecule has 2 aromatic heterocycles. The zero-order chi connectivity index (χ0) is 38.6. The first kappa shape index (κ1) is 32.7. The topological polar surface area (TPSA) is 9.86 Å². The summed E-state index contributed by atoms with van der Waals surface area (Å²) in [6.07, 6.45) is 0. The molecular weight excluding hydrogens is 733 g/mol. The number of aromatic nitrogens is 2. The predicted octanol–water partition coefficient (Wildman–Crippen LogP) is 15.7. The Morgan fingerprint density at radius 1 is 0.305 bits per heavy atom. The minimum absolute atomic E-state index is 1.18. The Bertz CT molecular complexity index is 3690. The molecule has 1 aliphatic rings. The predicted molar refractivity (Wildman–Crippen MR) is 251 cm³/mol. The van der Waals surface area contributed by atoms with Crippen LogP contribution in [0.2, 0.25) is 0 Å². The maximum absolute atomic E-state index is 2.48. The molecule has 0 amide bonds. The van der Waals surface area contributed by atoms with E-state index in [-0.39, 0.29) is 0 Å². The zero-order valence-electron chi connectivity index (χ0n) is 31.9. The number of benzene rings is 10. The van der Waals surface area contributed by atoms with Gasteiger partial charge in [0.2, 0.25) is 0 Å². The van der Waals surface area contributed by atoms with Crippen LogP contribution in [0.4, 0.5) is 0 Å². The fraction of sp³-hybridized carbons (Fsp3) is 0. The first-order chi connectivity index (χ1) is 29.3. The van der Waals surface area contributed by atoms with E-state index < -0.39 is 0 Å². The molecule has 0 atom stereocenters. The molecular formula is C56H34N2S. The van der Waals surface area contributed by atoms with Gasteiger partial charge in [-0.05, 0) is 105 Å². The summed E-state index contributed by atoms with van der Waals surface area (Å²) in [5.41, 5.74) is 14.7. The van der Waals surface area contributed by atoms with Gasteiger partial charge in [0.1, 0.15) is 0 Å². The van der Waals surface area contributed by atoms with Gasteiger partial charge < -0.3 is 9.13 Å². The molecule has 2 nitrogen and oxygen atoms in total. The van der Waals surface area contributed by atoms with Crippen molar-refractivity contribution in [3.05, 3.63) is 206 Å². The van der Waals surface area contributed by atoms with Crippen molar-refractivity contribution in [2.75, 3.05) is 0 Å². The van der Waals surface area contributed by atoms with Crippen LogP contribution in [0.1, 0.15) is 0 Å². The number of hydrogen-bond donors (Lipinski definition) is 0. The summed E-state index contributed by atoms with van der Waals surface area (Å²) in [5.74, 6) is 0. The summed E-state index contributed by atoms with van der Waals surface area (Å²) in [7, 11) is 0. The molecule has 0 N–H and O–H groups in total. The van der Waals surface area contributed by atoms with Crippen molar-refractivity contribution in [1.82, 2.24) is 9.13 Å². The van der Waals surface area contributed by atoms with Gasteiger partial charge in [0, 0.05) is 47.8 Å². The van der Waals surface area contributed by atoms with Crippen LogP contribution in [0.5, 0.6) is 0 Å². The van der Waals surface area contributed by atoms with Gasteiger partial charge in [-0.15, -0.1) is 0 Å². The van der Waals surface area contributed by atoms with E-state index in [2.05, 4.69) is 215 Å². The van der Waals surface area contributed by atoms with Gasteiger partial charge in [-0.2, -0.15) is 0 Å². The van der Waals surface area contributed by atoms with E-state index >= 15 is 0 Å². The lowest BCUT2D eigenvalue weighted by molar-refractivity contribution is 1.18. The molecule has 1 aliphatic heterocycles. The minimum atomic E-state index is 1.18. The molecule has 0 saturated heterocycles. The minimum Gasteiger partial charge on any atom is -0.309 e. The van der Waals surface area contributed by atoms with Crippen LogP contribution < -0.4 is 0 Å². The molecule has 12 aromatic rings. The highest BCUT2D eigenvalue weighted by atomic mass is 32.2. The Balaban J connectivity index is 1.00. The quantitative estimate of drug-likeness (QED) is 0.173. The van der Waals surface area contributed by atoms with Crippen LogP contribution in [0.15, 0.2) is 216 Å². The van der Waals surface area contributed by atoms with E-state index in [4.69, 9.17) is 0 Å². The molecule has 0 unspecified atom stereocenters. The molecule has 0 spiro atoms. The van der Waals surface area contributed by atoms with E-state index in [0.717, 1.165) is 0 Å². The zero-order valence-corrected chi connectivity index (χ0v) is 32.7. The normalized spacial score (nSPS) is 12.3. The van der Waals surface area contributed by atoms with Gasteiger partial charge in [-0.25, -0.2) is 0 Å². The number of para-hydroxylation sites is 3. The molecule has 0 fully saturated rings. The second-order valence-corrected chi connectivity index (χ2v) is 16.7. The maximum atomic E-state index is 2.48. The van der Waals surface area contributed by atoms with Crippen LogP contribution in [0.25, 0.3) is 110 Å². The third-order valence-electron chi connectivity index (χ3n) is 12.5. The molecule has 10 aromatic carbocycles. The van der Waals surface area contributed by atoms with E-state index in [1.807, 2.05) is 11.8 Å². The molecule has 0 saturated carbocycles. The van der Waals surface area contributed by atoms with Crippen molar-refractivity contribution >= 4 is 76.9 Å². The fourth-order valence-electron chi connectivity index (χ4n) is 9.87. The summed E-state index contributed by atoms with van der Waals surface area (Å²) in [6, 6.07) is 76.2. The van der Waals surface area contributed by atoms with Crippen LogP contribution in [0.3, 0.4) is 0 Å². The summed E-state index contributed by atoms with van der Waals surface area (Å²) in [6.45, 7) is 0. The SMILES string of the molecule is c1ccc(-c2ccc3c(c2)c2ccccc2n3-c2cc(-c3ccc4c(c3)Sc3cc5c(c6cccc-4c36)c3ccccc3n5-c3ccccc3)cc3ccccc23)cc1. The fourth-order valence-corrected chi connectivity index (χ4v) is 11.1. The highest BCUT2D eigenvalue weighted by molar-refractivity contribution is 7.99. The van der Waals surface area contributed by atoms with Crippen molar-refractivity contribution in [2.45, 2.75) is 9.79 Å². The smallest absolute Gasteiger partial charge is 0.0558 e. The molecule has 0 radical (unpaired) electrons. The van der Waals surface area contributed by atoms with Crippen LogP contribution >= 0.6 is 11.8 Å². The molecule has 274 valence electrons. The van der Waals surface area contributed by atoms with Crippen LogP contribution in [-0.4, -0.2) is 9.13 Å². The maximum Gasteiger partial charge on any atom is 0.0558 e. The van der Waals surface area contributed by atoms with Crippen LogP contribution in [-0.2, 0) is 0 Å². The van der Waals surface area contributed by atoms with Gasteiger partial charge in [-0.1, -0.05) is 157 Å². The lowest BCUT2D eigenvalue weighted by Crippen LogP contribution is -1.98. The average Bonchev–Trinajstić information content (AvgIpc) is 3.81. The molecule has 0 bridgehead atoms. The number of fused-ring (bicyclic) bond motifs is 10. The van der Waals surface area contributed by atoms with Crippen molar-refractivity contribution in [1.29, 1.82) is 0 Å². The Hall–Kier alpha value is -7.33. The standard InChI is InChI=1S/C56H34N2S/c1-3-14-35(15-4-1)36-27-29-50-47(31-36)42-20-9-11-24-48(42)58(50)51-32-39(30-38-16-7-8-19-41(38)51)37-26-28-43-44-22-13-23-46-55-45-21-10-12-25-49(45)57(40-17-5-2-6-18-40)52(55)34-54(56(44)46)59-53(43)33-37/h1-34H. The molecule has 0 aliphatic carbocycles. The van der Waals surface area contributed by atoms with Crippen molar-refractivity contribution in [2.24, 2.45) is 0 Å². The molecule has 3 heterocycles. The monoisotopic (exact) mass is 766 g/mol. The first-order valence-electron chi connectivity index (χ1n) is 20.3. The molecule has 59 heavy (non-hydrogen) atoms. The van der Waals surface area contributed by atoms with Crippen molar-refractivity contribution in [3.63, 3.8) is 0 Å². The average molecular weight is 767 g/mol. The van der Waals surface area contributed by atoms with Crippen molar-refractivity contribution in [3.8, 4) is 44.8 Å². The Morgan fingerprint density at radius 2 is 0.966 bits per heavy atom. The second kappa shape index (κ2) is 12.6. The number of rotatable bonds is 4. The van der Waals surface area contributed by atoms with E-state index in [1.54, 1.807) is 0 Å². The second-order valence-electron chi connectivity index (χ2n) is 15.7. The first-order valence-corrected chi connectivity index (χ1v) is 21.1. The summed E-state index contributed by atoms with van der Waals surface area (Å²) < 4.78 is 4.92. The van der Waals surface area contributed by atoms with Gasteiger partial charge in [0.15, 0.2) is 0 Å². The lowest BCUT2D eigenvalue weighted by atomic mass is 9.93. The van der Waals surface area contributed by atoms with Gasteiger partial charge in [-0.3, -0.25) is 0 Å². The van der Waals surface area contributed by atoms with Gasteiger partial charge in [0.05, 0.1) is 27.8 Å². The molecule has 3 heteroatoms. The summed E-state index contributed by atoms with van der Waals surface area (Å²) in [5, 5.41) is 10.2. The van der Waals surface area contributed by atoms with E-state index in [1.165, 1.54) is 120 Å². The molecule has 13 rings (SSSR count). The largest absolute Gasteiger partial charge is 0.309 e. The third-order valence-corrected chi connectivity index (χ3v) is 13.6. The highest BCUT2D eigenvalue weighted by Gasteiger charge is 2.25. The summed E-state index contributed by atoms with van der Waals surface area (Å²) in [4.78, 5) is 2.58. The van der Waals surface area contributed by atoms with Gasteiger partial charge >= 0.3 is 0 Å².